The first-order chi connectivity index (χ1) is 10.1. The molecule has 21 heavy (non-hydrogen) atoms. The standard InChI is InChI=1S/C18H19Cl2N/c1-12(15-6-2-4-8-17(15)19)21-14-10-13(11-14)16-7-3-5-9-18(16)20/h2-9,12-14,21H,10-11H2,1H3. The summed E-state index contributed by atoms with van der Waals surface area (Å²) in [6, 6.07) is 17.0. The van der Waals surface area contributed by atoms with Gasteiger partial charge in [-0.25, -0.2) is 0 Å². The van der Waals surface area contributed by atoms with Crippen molar-refractivity contribution in [2.24, 2.45) is 0 Å². The van der Waals surface area contributed by atoms with Gasteiger partial charge in [-0.2, -0.15) is 0 Å². The van der Waals surface area contributed by atoms with Crippen LogP contribution in [0.25, 0.3) is 0 Å². The molecule has 0 spiro atoms. The van der Waals surface area contributed by atoms with Crippen LogP contribution in [0.4, 0.5) is 0 Å². The quantitative estimate of drug-likeness (QED) is 0.774. The Kier molecular flexibility index (Phi) is 4.54. The van der Waals surface area contributed by atoms with Crippen molar-refractivity contribution in [2.45, 2.75) is 37.8 Å². The number of hydrogen-bond acceptors (Lipinski definition) is 1. The highest BCUT2D eigenvalue weighted by molar-refractivity contribution is 6.31. The summed E-state index contributed by atoms with van der Waals surface area (Å²) < 4.78 is 0. The summed E-state index contributed by atoms with van der Waals surface area (Å²) in [4.78, 5) is 0. The van der Waals surface area contributed by atoms with Crippen molar-refractivity contribution in [3.63, 3.8) is 0 Å². The molecule has 1 saturated carbocycles. The van der Waals surface area contributed by atoms with Crippen LogP contribution in [0.5, 0.6) is 0 Å². The molecule has 1 unspecified atom stereocenters. The fraction of sp³-hybridized carbons (Fsp3) is 0.333. The van der Waals surface area contributed by atoms with Gasteiger partial charge in [-0.3, -0.25) is 0 Å². The summed E-state index contributed by atoms with van der Waals surface area (Å²) in [5.41, 5.74) is 2.45. The predicted octanol–water partition coefficient (Wildman–Crippen LogP) is 5.59. The van der Waals surface area contributed by atoms with Gasteiger partial charge < -0.3 is 5.32 Å². The van der Waals surface area contributed by atoms with E-state index in [1.165, 1.54) is 11.1 Å². The molecule has 2 aromatic carbocycles. The molecule has 1 atom stereocenters. The average Bonchev–Trinajstić information content (AvgIpc) is 2.44. The monoisotopic (exact) mass is 319 g/mol. The van der Waals surface area contributed by atoms with E-state index < -0.39 is 0 Å². The Morgan fingerprint density at radius 3 is 2.24 bits per heavy atom. The zero-order valence-corrected chi connectivity index (χ0v) is 13.5. The van der Waals surface area contributed by atoms with Gasteiger partial charge in [-0.1, -0.05) is 59.6 Å². The third-order valence-electron chi connectivity index (χ3n) is 4.34. The van der Waals surface area contributed by atoms with Crippen molar-refractivity contribution in [3.8, 4) is 0 Å². The van der Waals surface area contributed by atoms with Gasteiger partial charge in [0.25, 0.3) is 0 Å². The number of rotatable bonds is 4. The van der Waals surface area contributed by atoms with Crippen molar-refractivity contribution in [3.05, 3.63) is 69.7 Å². The SMILES string of the molecule is CC(NC1CC(c2ccccc2Cl)C1)c1ccccc1Cl. The summed E-state index contributed by atoms with van der Waals surface area (Å²) in [5, 5.41) is 5.39. The molecule has 1 aliphatic carbocycles. The molecule has 1 fully saturated rings. The van der Waals surface area contributed by atoms with Crippen LogP contribution in [0.2, 0.25) is 10.0 Å². The van der Waals surface area contributed by atoms with Gasteiger partial charge in [0, 0.05) is 22.1 Å². The third kappa shape index (κ3) is 3.26. The van der Waals surface area contributed by atoms with Crippen LogP contribution >= 0.6 is 23.2 Å². The zero-order chi connectivity index (χ0) is 14.8. The second kappa shape index (κ2) is 6.39. The molecule has 110 valence electrons. The molecule has 2 aromatic rings. The summed E-state index contributed by atoms with van der Waals surface area (Å²) in [6.45, 7) is 2.17. The molecule has 0 aromatic heterocycles. The Balaban J connectivity index is 1.58. The van der Waals surface area contributed by atoms with Crippen LogP contribution in [0.15, 0.2) is 48.5 Å². The van der Waals surface area contributed by atoms with Crippen molar-refractivity contribution < 1.29 is 0 Å². The number of nitrogens with one attached hydrogen (secondary N) is 1. The van der Waals surface area contributed by atoms with Crippen LogP contribution in [0.3, 0.4) is 0 Å². The zero-order valence-electron chi connectivity index (χ0n) is 12.0. The lowest BCUT2D eigenvalue weighted by atomic mass is 9.75. The van der Waals surface area contributed by atoms with Gasteiger partial charge >= 0.3 is 0 Å². The highest BCUT2D eigenvalue weighted by Crippen LogP contribution is 2.40. The maximum absolute atomic E-state index is 6.26. The van der Waals surface area contributed by atoms with Gasteiger partial charge in [0.15, 0.2) is 0 Å². The third-order valence-corrected chi connectivity index (χ3v) is 5.03. The molecular weight excluding hydrogens is 301 g/mol. The van der Waals surface area contributed by atoms with E-state index in [-0.39, 0.29) is 6.04 Å². The lowest BCUT2D eigenvalue weighted by Crippen LogP contribution is -2.41. The maximum atomic E-state index is 6.26. The minimum Gasteiger partial charge on any atom is -0.307 e. The molecule has 1 nitrogen and oxygen atoms in total. The predicted molar refractivity (Wildman–Crippen MR) is 90.2 cm³/mol. The second-order valence-electron chi connectivity index (χ2n) is 5.80. The smallest absolute Gasteiger partial charge is 0.0453 e. The van der Waals surface area contributed by atoms with Crippen molar-refractivity contribution in [2.75, 3.05) is 0 Å². The maximum Gasteiger partial charge on any atom is 0.0453 e. The van der Waals surface area contributed by atoms with Crippen LogP contribution in [0.1, 0.15) is 42.9 Å². The molecule has 0 heterocycles. The Hall–Kier alpha value is -1.02. The molecule has 0 radical (unpaired) electrons. The molecule has 1 N–H and O–H groups in total. The van der Waals surface area contributed by atoms with Crippen LogP contribution in [-0.4, -0.2) is 6.04 Å². The average molecular weight is 320 g/mol. The van der Waals surface area contributed by atoms with Gasteiger partial charge in [0.1, 0.15) is 0 Å². The summed E-state index contributed by atoms with van der Waals surface area (Å²) in [7, 11) is 0. The summed E-state index contributed by atoms with van der Waals surface area (Å²) in [6.07, 6.45) is 2.27. The summed E-state index contributed by atoms with van der Waals surface area (Å²) in [5.74, 6) is 0.578. The molecule has 1 aliphatic rings. The van der Waals surface area contributed by atoms with E-state index in [2.05, 4.69) is 30.4 Å². The Morgan fingerprint density at radius 1 is 0.952 bits per heavy atom. The van der Waals surface area contributed by atoms with E-state index in [1.807, 2.05) is 30.3 Å². The topological polar surface area (TPSA) is 12.0 Å². The number of halogens is 2. The van der Waals surface area contributed by atoms with Gasteiger partial charge in [-0.15, -0.1) is 0 Å². The van der Waals surface area contributed by atoms with Crippen molar-refractivity contribution in [1.29, 1.82) is 0 Å². The van der Waals surface area contributed by atoms with Crippen LogP contribution in [0, 0.1) is 0 Å². The van der Waals surface area contributed by atoms with E-state index in [0.29, 0.717) is 12.0 Å². The fourth-order valence-electron chi connectivity index (χ4n) is 3.08. The first kappa shape index (κ1) is 14.9. The van der Waals surface area contributed by atoms with E-state index in [9.17, 15) is 0 Å². The molecule has 3 heteroatoms. The van der Waals surface area contributed by atoms with Crippen molar-refractivity contribution >= 4 is 23.2 Å². The lowest BCUT2D eigenvalue weighted by Gasteiger charge is -2.38. The molecule has 3 rings (SSSR count). The normalized spacial score (nSPS) is 22.6. The highest BCUT2D eigenvalue weighted by atomic mass is 35.5. The minimum atomic E-state index is 0.274. The van der Waals surface area contributed by atoms with Gasteiger partial charge in [0.05, 0.1) is 0 Å². The Labute approximate surface area is 136 Å². The van der Waals surface area contributed by atoms with Crippen molar-refractivity contribution in [1.82, 2.24) is 5.32 Å². The van der Waals surface area contributed by atoms with Gasteiger partial charge in [0.2, 0.25) is 0 Å². The summed E-state index contributed by atoms with van der Waals surface area (Å²) >= 11 is 12.5. The fourth-order valence-corrected chi connectivity index (χ4v) is 3.67. The number of hydrogen-bond donors (Lipinski definition) is 1. The first-order valence-electron chi connectivity index (χ1n) is 7.40. The largest absolute Gasteiger partial charge is 0.307 e. The second-order valence-corrected chi connectivity index (χ2v) is 6.61. The van der Waals surface area contributed by atoms with E-state index in [1.54, 1.807) is 0 Å². The Bertz CT molecular complexity index is 620. The number of benzene rings is 2. The molecule has 0 aliphatic heterocycles. The minimum absolute atomic E-state index is 0.274. The Morgan fingerprint density at radius 2 is 1.57 bits per heavy atom. The van der Waals surface area contributed by atoms with E-state index >= 15 is 0 Å². The molecular formula is C18H19Cl2N. The first-order valence-corrected chi connectivity index (χ1v) is 8.15. The van der Waals surface area contributed by atoms with Crippen LogP contribution in [-0.2, 0) is 0 Å². The molecule has 0 bridgehead atoms. The van der Waals surface area contributed by atoms with E-state index in [4.69, 9.17) is 23.2 Å². The van der Waals surface area contributed by atoms with E-state index in [0.717, 1.165) is 22.9 Å². The molecule has 0 amide bonds. The van der Waals surface area contributed by atoms with Crippen LogP contribution < -0.4 is 5.32 Å². The van der Waals surface area contributed by atoms with Gasteiger partial charge in [-0.05, 0) is 48.9 Å². The highest BCUT2D eigenvalue weighted by Gasteiger charge is 2.32. The lowest BCUT2D eigenvalue weighted by molar-refractivity contribution is 0.271. The molecule has 0 saturated heterocycles.